The molecule has 1 atom stereocenters. The standard InChI is InChI=1S/C32H42N4O5S/c1-8-11-36(12-14-37)23(3)26-16-22(2)33-29-18-27(20-31(41-6)28(29)17-26)24-9-10-25(21-38)30(19-24)35(5)32(39)34(4)13-15-42(7)40/h9-10,17-21,37H,3,8,11-16H2,1-2,4-7H3. The second-order valence-electron chi connectivity index (χ2n) is 10.4. The highest BCUT2D eigenvalue weighted by atomic mass is 32.2. The number of aliphatic imine (C=N–C) groups is 1. The van der Waals surface area contributed by atoms with E-state index in [2.05, 4.69) is 24.5 Å². The highest BCUT2D eigenvalue weighted by Crippen LogP contribution is 2.41. The summed E-state index contributed by atoms with van der Waals surface area (Å²) in [7, 11) is 4.89. The Balaban J connectivity index is 2.06. The molecule has 1 aliphatic heterocycles. The van der Waals surface area contributed by atoms with Crippen LogP contribution in [0.5, 0.6) is 5.75 Å². The summed E-state index contributed by atoms with van der Waals surface area (Å²) in [4.78, 5) is 35.0. The summed E-state index contributed by atoms with van der Waals surface area (Å²) in [5.41, 5.74) is 6.81. The first-order chi connectivity index (χ1) is 20.0. The number of aliphatic hydroxyl groups excluding tert-OH is 1. The van der Waals surface area contributed by atoms with Gasteiger partial charge in [0, 0.05) is 56.1 Å². The number of benzene rings is 2. The minimum absolute atomic E-state index is 0.0459. The number of hydrogen-bond acceptors (Lipinski definition) is 7. The van der Waals surface area contributed by atoms with Gasteiger partial charge in [-0.3, -0.25) is 14.7 Å². The molecule has 42 heavy (non-hydrogen) atoms. The summed E-state index contributed by atoms with van der Waals surface area (Å²) in [6.45, 7) is 10.1. The van der Waals surface area contributed by atoms with Gasteiger partial charge in [0.05, 0.1) is 37.9 Å². The molecule has 2 aromatic carbocycles. The van der Waals surface area contributed by atoms with E-state index in [4.69, 9.17) is 9.73 Å². The first kappa shape index (κ1) is 32.9. The molecule has 0 radical (unpaired) electrons. The van der Waals surface area contributed by atoms with Crippen molar-refractivity contribution in [1.29, 1.82) is 0 Å². The van der Waals surface area contributed by atoms with Crippen molar-refractivity contribution in [3.63, 3.8) is 0 Å². The van der Waals surface area contributed by atoms with E-state index >= 15 is 0 Å². The van der Waals surface area contributed by atoms with Gasteiger partial charge in [-0.15, -0.1) is 0 Å². The number of anilines is 1. The number of rotatable bonds is 13. The van der Waals surface area contributed by atoms with Gasteiger partial charge in [0.2, 0.25) is 0 Å². The van der Waals surface area contributed by atoms with Gasteiger partial charge in [-0.1, -0.05) is 30.7 Å². The summed E-state index contributed by atoms with van der Waals surface area (Å²) in [5, 5.41) is 9.58. The van der Waals surface area contributed by atoms with Crippen LogP contribution in [0.25, 0.3) is 17.2 Å². The lowest BCUT2D eigenvalue weighted by Crippen LogP contribution is -2.41. The molecule has 10 heteroatoms. The van der Waals surface area contributed by atoms with Gasteiger partial charge >= 0.3 is 6.03 Å². The molecule has 0 fully saturated rings. The molecule has 3 rings (SSSR count). The number of aliphatic hydroxyl groups is 1. The highest BCUT2D eigenvalue weighted by Gasteiger charge is 2.22. The number of amides is 2. The number of aldehydes is 1. The number of carbonyl (C=O) groups is 2. The molecule has 2 aromatic rings. The van der Waals surface area contributed by atoms with Crippen LogP contribution in [0.3, 0.4) is 0 Å². The monoisotopic (exact) mass is 594 g/mol. The molecule has 226 valence electrons. The van der Waals surface area contributed by atoms with Crippen LogP contribution < -0.4 is 9.64 Å². The maximum atomic E-state index is 13.1. The molecular formula is C32H42N4O5S. The van der Waals surface area contributed by atoms with Crippen LogP contribution >= 0.6 is 0 Å². The molecule has 1 heterocycles. The smallest absolute Gasteiger partial charge is 0.324 e. The van der Waals surface area contributed by atoms with Crippen LogP contribution in [-0.4, -0.2) is 96.9 Å². The third kappa shape index (κ3) is 7.81. The third-order valence-electron chi connectivity index (χ3n) is 7.21. The Morgan fingerprint density at radius 3 is 2.55 bits per heavy atom. The molecule has 9 nitrogen and oxygen atoms in total. The van der Waals surface area contributed by atoms with E-state index in [1.165, 1.54) is 9.80 Å². The van der Waals surface area contributed by atoms with Crippen LogP contribution in [0.1, 0.15) is 42.6 Å². The van der Waals surface area contributed by atoms with Crippen LogP contribution in [0, 0.1) is 0 Å². The summed E-state index contributed by atoms with van der Waals surface area (Å²) >= 11 is -1.03. The quantitative estimate of drug-likeness (QED) is 0.254. The minimum Gasteiger partial charge on any atom is -0.617 e. The van der Waals surface area contributed by atoms with E-state index < -0.39 is 11.2 Å². The van der Waals surface area contributed by atoms with Gasteiger partial charge in [-0.05, 0) is 60.4 Å². The fourth-order valence-corrected chi connectivity index (χ4v) is 5.46. The second-order valence-corrected chi connectivity index (χ2v) is 11.9. The summed E-state index contributed by atoms with van der Waals surface area (Å²) in [6.07, 6.45) is 5.94. The highest BCUT2D eigenvalue weighted by molar-refractivity contribution is 7.90. The molecule has 0 spiro atoms. The number of ether oxygens (including phenoxy) is 1. The van der Waals surface area contributed by atoms with E-state index in [0.29, 0.717) is 42.3 Å². The molecule has 0 aliphatic carbocycles. The molecule has 0 bridgehead atoms. The zero-order valence-electron chi connectivity index (χ0n) is 25.5. The number of hydrogen-bond donors (Lipinski definition) is 1. The number of allylic oxidation sites excluding steroid dienone is 1. The number of carbonyl (C=O) groups excluding carboxylic acids is 2. The maximum absolute atomic E-state index is 13.1. The molecule has 1 N–H and O–H groups in total. The van der Waals surface area contributed by atoms with Crippen molar-refractivity contribution in [3.05, 3.63) is 59.3 Å². The predicted molar refractivity (Wildman–Crippen MR) is 173 cm³/mol. The fraction of sp³-hybridized carbons (Fsp3) is 0.406. The Hall–Kier alpha value is -3.60. The third-order valence-corrected chi connectivity index (χ3v) is 7.97. The fourth-order valence-electron chi connectivity index (χ4n) is 4.93. The van der Waals surface area contributed by atoms with Crippen molar-refractivity contribution < 1.29 is 24.0 Å². The zero-order valence-corrected chi connectivity index (χ0v) is 26.3. The van der Waals surface area contributed by atoms with Gasteiger partial charge in [0.1, 0.15) is 11.5 Å². The van der Waals surface area contributed by atoms with Gasteiger partial charge in [0.15, 0.2) is 6.29 Å². The Morgan fingerprint density at radius 1 is 1.19 bits per heavy atom. The van der Waals surface area contributed by atoms with Gasteiger partial charge in [0.25, 0.3) is 0 Å². The van der Waals surface area contributed by atoms with E-state index in [9.17, 15) is 19.2 Å². The van der Waals surface area contributed by atoms with E-state index in [1.807, 2.05) is 31.2 Å². The minimum atomic E-state index is -1.03. The first-order valence-corrected chi connectivity index (χ1v) is 15.7. The molecule has 0 saturated heterocycles. The lowest BCUT2D eigenvalue weighted by atomic mass is 9.97. The maximum Gasteiger partial charge on any atom is 0.324 e. The second kappa shape index (κ2) is 15.0. The van der Waals surface area contributed by atoms with Crippen LogP contribution in [0.2, 0.25) is 0 Å². The summed E-state index contributed by atoms with van der Waals surface area (Å²) < 4.78 is 17.4. The number of fused-ring (bicyclic) bond motifs is 1. The number of nitrogens with zero attached hydrogens (tertiary/aromatic N) is 4. The van der Waals surface area contributed by atoms with Crippen molar-refractivity contribution in [2.24, 2.45) is 4.99 Å². The van der Waals surface area contributed by atoms with E-state index in [1.54, 1.807) is 33.5 Å². The van der Waals surface area contributed by atoms with Gasteiger partial charge < -0.3 is 24.2 Å². The van der Waals surface area contributed by atoms with Crippen molar-refractivity contribution >= 4 is 46.7 Å². The molecule has 0 saturated carbocycles. The predicted octanol–water partition coefficient (Wildman–Crippen LogP) is 5.14. The van der Waals surface area contributed by atoms with Crippen LogP contribution in [0.4, 0.5) is 16.2 Å². The SMILES string of the molecule is C=C(C1=Cc2c(cc(-c3ccc(C=O)c(N(C)C(=O)N(C)CC[S+](C)[O-])c3)cc2OC)N=C(C)C1)N(CCC)CCO. The lowest BCUT2D eigenvalue weighted by molar-refractivity contribution is 0.112. The van der Waals surface area contributed by atoms with Gasteiger partial charge in [-0.2, -0.15) is 0 Å². The molecule has 2 amide bonds. The Kier molecular flexibility index (Phi) is 11.8. The molecular weight excluding hydrogens is 552 g/mol. The van der Waals surface area contributed by atoms with Crippen LogP contribution in [0.15, 0.2) is 53.2 Å². The number of urea groups is 1. The molecule has 1 unspecified atom stereocenters. The van der Waals surface area contributed by atoms with Crippen molar-refractivity contribution in [1.82, 2.24) is 9.80 Å². The normalized spacial score (nSPS) is 13.2. The zero-order chi connectivity index (χ0) is 31.0. The van der Waals surface area contributed by atoms with E-state index in [0.717, 1.165) is 58.6 Å². The van der Waals surface area contributed by atoms with Crippen LogP contribution in [-0.2, 0) is 11.2 Å². The number of methoxy groups -OCH3 is 1. The summed E-state index contributed by atoms with van der Waals surface area (Å²) in [5.74, 6) is 1.00. The van der Waals surface area contributed by atoms with Crippen molar-refractivity contribution in [3.8, 4) is 16.9 Å². The first-order valence-electron chi connectivity index (χ1n) is 13.9. The molecule has 1 aliphatic rings. The summed E-state index contributed by atoms with van der Waals surface area (Å²) in [6, 6.07) is 8.93. The van der Waals surface area contributed by atoms with E-state index in [-0.39, 0.29) is 12.6 Å². The topological polar surface area (TPSA) is 109 Å². The Bertz CT molecular complexity index is 1360. The Morgan fingerprint density at radius 2 is 1.93 bits per heavy atom. The van der Waals surface area contributed by atoms with Crippen molar-refractivity contribution in [2.75, 3.05) is 64.4 Å². The average Bonchev–Trinajstić information content (AvgIpc) is 3.15. The average molecular weight is 595 g/mol. The Labute approximate surface area is 252 Å². The van der Waals surface area contributed by atoms with Gasteiger partial charge in [-0.25, -0.2) is 4.79 Å². The largest absolute Gasteiger partial charge is 0.617 e. The molecule has 0 aromatic heterocycles. The van der Waals surface area contributed by atoms with Crippen molar-refractivity contribution in [2.45, 2.75) is 26.7 Å². The lowest BCUT2D eigenvalue weighted by Gasteiger charge is -2.27.